The van der Waals surface area contributed by atoms with Gasteiger partial charge in [-0.25, -0.2) is 8.78 Å². The van der Waals surface area contributed by atoms with Gasteiger partial charge in [-0.05, 0) is 30.7 Å². The fourth-order valence-electron chi connectivity index (χ4n) is 3.84. The number of nitrogens with zero attached hydrogens (tertiary/aromatic N) is 2. The van der Waals surface area contributed by atoms with Crippen molar-refractivity contribution in [3.05, 3.63) is 65.2 Å². The molecule has 28 heavy (non-hydrogen) atoms. The number of amides is 2. The van der Waals surface area contributed by atoms with Crippen LogP contribution in [0, 0.1) is 11.6 Å². The lowest BCUT2D eigenvalue weighted by molar-refractivity contribution is -0.138. The van der Waals surface area contributed by atoms with Crippen LogP contribution in [0.25, 0.3) is 0 Å². The summed E-state index contributed by atoms with van der Waals surface area (Å²) in [6.45, 7) is 0.0143. The Labute approximate surface area is 156 Å². The topological polar surface area (TPSA) is 40.6 Å². The average molecular weight is 396 g/mol. The van der Waals surface area contributed by atoms with Crippen molar-refractivity contribution in [3.8, 4) is 0 Å². The fourth-order valence-corrected chi connectivity index (χ4v) is 3.84. The molecule has 4 rings (SSSR count). The van der Waals surface area contributed by atoms with Crippen molar-refractivity contribution >= 4 is 17.5 Å². The molecule has 2 atom stereocenters. The number of halogens is 5. The maximum Gasteiger partial charge on any atom is 0.417 e. The molecule has 0 N–H and O–H groups in total. The van der Waals surface area contributed by atoms with Crippen LogP contribution in [-0.4, -0.2) is 35.3 Å². The fraction of sp³-hybridized carbons (Fsp3) is 0.263. The van der Waals surface area contributed by atoms with Crippen molar-refractivity contribution in [2.24, 2.45) is 0 Å². The van der Waals surface area contributed by atoms with Crippen LogP contribution in [0.3, 0.4) is 0 Å². The first-order valence-corrected chi connectivity index (χ1v) is 8.44. The van der Waals surface area contributed by atoms with Gasteiger partial charge >= 0.3 is 6.18 Å². The Bertz CT molecular complexity index is 975. The second-order valence-corrected chi connectivity index (χ2v) is 6.71. The van der Waals surface area contributed by atoms with E-state index < -0.39 is 52.8 Å². The molecule has 2 aliphatic heterocycles. The second-order valence-electron chi connectivity index (χ2n) is 6.71. The summed E-state index contributed by atoms with van der Waals surface area (Å²) >= 11 is 0. The minimum atomic E-state index is -4.70. The Kier molecular flexibility index (Phi) is 4.13. The van der Waals surface area contributed by atoms with Gasteiger partial charge in [0.2, 0.25) is 5.91 Å². The van der Waals surface area contributed by atoms with E-state index >= 15 is 0 Å². The van der Waals surface area contributed by atoms with Gasteiger partial charge < -0.3 is 9.80 Å². The Morgan fingerprint density at radius 2 is 1.75 bits per heavy atom. The van der Waals surface area contributed by atoms with Crippen molar-refractivity contribution in [1.29, 1.82) is 0 Å². The molecule has 4 nitrogen and oxygen atoms in total. The van der Waals surface area contributed by atoms with Crippen molar-refractivity contribution in [3.63, 3.8) is 0 Å². The molecule has 0 spiro atoms. The number of hydrogen-bond acceptors (Lipinski definition) is 2. The van der Waals surface area contributed by atoms with Gasteiger partial charge in [-0.1, -0.05) is 12.1 Å². The van der Waals surface area contributed by atoms with Crippen LogP contribution in [0.2, 0.25) is 0 Å². The summed E-state index contributed by atoms with van der Waals surface area (Å²) in [5.74, 6) is -3.57. The van der Waals surface area contributed by atoms with Crippen LogP contribution in [0.5, 0.6) is 0 Å². The predicted molar refractivity (Wildman–Crippen MR) is 88.5 cm³/mol. The highest BCUT2D eigenvalue weighted by Crippen LogP contribution is 2.38. The summed E-state index contributed by atoms with van der Waals surface area (Å²) in [5.41, 5.74) is -1.43. The van der Waals surface area contributed by atoms with Crippen LogP contribution in [0.4, 0.5) is 27.6 Å². The maximum absolute atomic E-state index is 13.5. The summed E-state index contributed by atoms with van der Waals surface area (Å²) in [4.78, 5) is 27.8. The molecule has 2 fully saturated rings. The summed E-state index contributed by atoms with van der Waals surface area (Å²) in [7, 11) is 0. The number of carbonyl (C=O) groups excluding carboxylic acids is 2. The standard InChI is InChI=1S/C19H13F5N2O2/c20-14-6-5-10(7-15(14)21)26-11-8-16(18(26)28)25(9-11)17(27)12-3-1-2-4-13(12)19(22,23)24/h1-7,11,16H,8-9H2/t11-,16-/m0/s1. The van der Waals surface area contributed by atoms with Crippen LogP contribution in [0.15, 0.2) is 42.5 Å². The molecular formula is C19H13F5N2O2. The second kappa shape index (κ2) is 6.29. The Morgan fingerprint density at radius 1 is 1.04 bits per heavy atom. The lowest BCUT2D eigenvalue weighted by atomic mass is 10.1. The lowest BCUT2D eigenvalue weighted by Crippen LogP contribution is -2.52. The quantitative estimate of drug-likeness (QED) is 0.728. The van der Waals surface area contributed by atoms with Gasteiger partial charge in [-0.3, -0.25) is 9.59 Å². The van der Waals surface area contributed by atoms with Gasteiger partial charge in [0, 0.05) is 18.3 Å². The molecule has 2 aromatic rings. The lowest BCUT2D eigenvalue weighted by Gasteiger charge is -2.34. The molecule has 2 aliphatic rings. The van der Waals surface area contributed by atoms with E-state index in [-0.39, 0.29) is 18.7 Å². The zero-order valence-corrected chi connectivity index (χ0v) is 14.2. The molecule has 0 radical (unpaired) electrons. The summed E-state index contributed by atoms with van der Waals surface area (Å²) in [6.07, 6.45) is -4.48. The van der Waals surface area contributed by atoms with Crippen LogP contribution >= 0.6 is 0 Å². The monoisotopic (exact) mass is 396 g/mol. The van der Waals surface area contributed by atoms with Crippen LogP contribution in [-0.2, 0) is 11.0 Å². The first-order valence-electron chi connectivity index (χ1n) is 8.44. The Morgan fingerprint density at radius 3 is 2.39 bits per heavy atom. The highest BCUT2D eigenvalue weighted by atomic mass is 19.4. The third kappa shape index (κ3) is 2.81. The molecule has 2 amide bonds. The van der Waals surface area contributed by atoms with E-state index in [1.54, 1.807) is 0 Å². The Hall–Kier alpha value is -2.97. The van der Waals surface area contributed by atoms with Gasteiger partial charge in [0.05, 0.1) is 17.2 Å². The van der Waals surface area contributed by atoms with Gasteiger partial charge in [-0.2, -0.15) is 13.2 Å². The SMILES string of the molecule is O=C(c1ccccc1C(F)(F)F)N1C[C@@H]2C[C@H]1C(=O)N2c1ccc(F)c(F)c1. The van der Waals surface area contributed by atoms with Crippen molar-refractivity contribution in [2.75, 3.05) is 11.4 Å². The molecular weight excluding hydrogens is 383 g/mol. The smallest absolute Gasteiger partial charge is 0.324 e. The number of likely N-dealkylation sites (tertiary alicyclic amines) is 1. The molecule has 2 heterocycles. The summed E-state index contributed by atoms with van der Waals surface area (Å²) < 4.78 is 66.2. The number of benzene rings is 2. The highest BCUT2D eigenvalue weighted by Gasteiger charge is 2.52. The van der Waals surface area contributed by atoms with E-state index in [1.165, 1.54) is 23.1 Å². The van der Waals surface area contributed by atoms with Gasteiger partial charge in [0.15, 0.2) is 11.6 Å². The van der Waals surface area contributed by atoms with E-state index in [9.17, 15) is 31.5 Å². The highest BCUT2D eigenvalue weighted by molar-refractivity contribution is 6.06. The van der Waals surface area contributed by atoms with E-state index in [4.69, 9.17) is 0 Å². The van der Waals surface area contributed by atoms with Crippen molar-refractivity contribution in [2.45, 2.75) is 24.7 Å². The molecule has 2 aromatic carbocycles. The molecule has 9 heteroatoms. The number of piperazine rings is 1. The number of anilines is 1. The van der Waals surface area contributed by atoms with Crippen LogP contribution < -0.4 is 4.90 Å². The molecule has 2 saturated heterocycles. The number of hydrogen-bond donors (Lipinski definition) is 0. The van der Waals surface area contributed by atoms with Gasteiger partial charge in [0.25, 0.3) is 5.91 Å². The summed E-state index contributed by atoms with van der Waals surface area (Å²) in [5, 5.41) is 0. The van der Waals surface area contributed by atoms with E-state index in [2.05, 4.69) is 0 Å². The number of alkyl halides is 3. The average Bonchev–Trinajstić information content (AvgIpc) is 3.21. The zero-order chi connectivity index (χ0) is 20.2. The van der Waals surface area contributed by atoms with Gasteiger partial charge in [0.1, 0.15) is 6.04 Å². The normalized spacial score (nSPS) is 21.5. The number of fused-ring (bicyclic) bond motifs is 2. The molecule has 0 aliphatic carbocycles. The first-order chi connectivity index (χ1) is 13.2. The molecule has 2 bridgehead atoms. The summed E-state index contributed by atoms with van der Waals surface area (Å²) in [6, 6.07) is 5.99. The number of rotatable bonds is 2. The minimum absolute atomic E-state index is 0.0143. The molecule has 0 aromatic heterocycles. The third-order valence-corrected chi connectivity index (χ3v) is 5.07. The van der Waals surface area contributed by atoms with Crippen LogP contribution in [0.1, 0.15) is 22.3 Å². The molecule has 0 unspecified atom stereocenters. The van der Waals surface area contributed by atoms with Crippen molar-refractivity contribution < 1.29 is 31.5 Å². The first kappa shape index (κ1) is 18.4. The predicted octanol–water partition coefficient (Wildman–Crippen LogP) is 3.61. The molecule has 0 saturated carbocycles. The minimum Gasteiger partial charge on any atom is -0.324 e. The van der Waals surface area contributed by atoms with E-state index in [0.29, 0.717) is 0 Å². The van der Waals surface area contributed by atoms with Crippen molar-refractivity contribution in [1.82, 2.24) is 4.90 Å². The third-order valence-electron chi connectivity index (χ3n) is 5.07. The van der Waals surface area contributed by atoms with E-state index in [0.717, 1.165) is 29.2 Å². The van der Waals surface area contributed by atoms with E-state index in [1.807, 2.05) is 0 Å². The largest absolute Gasteiger partial charge is 0.417 e. The van der Waals surface area contributed by atoms with Gasteiger partial charge in [-0.15, -0.1) is 0 Å². The molecule has 146 valence electrons. The zero-order valence-electron chi connectivity index (χ0n) is 14.2. The Balaban J connectivity index is 1.61. The maximum atomic E-state index is 13.5. The number of carbonyl (C=O) groups is 2.